The summed E-state index contributed by atoms with van der Waals surface area (Å²) < 4.78 is 6.90. The van der Waals surface area contributed by atoms with Gasteiger partial charge in [0.25, 0.3) is 5.56 Å². The monoisotopic (exact) mass is 494 g/mol. The van der Waals surface area contributed by atoms with Crippen LogP contribution in [-0.2, 0) is 19.6 Å². The number of aromatic amines is 1. The summed E-state index contributed by atoms with van der Waals surface area (Å²) >= 11 is 0. The van der Waals surface area contributed by atoms with Gasteiger partial charge in [-0.15, -0.1) is 0 Å². The van der Waals surface area contributed by atoms with E-state index in [2.05, 4.69) is 15.1 Å². The third kappa shape index (κ3) is 5.35. The van der Waals surface area contributed by atoms with Crippen LogP contribution in [0.2, 0.25) is 0 Å². The zero-order chi connectivity index (χ0) is 25.8. The summed E-state index contributed by atoms with van der Waals surface area (Å²) in [6, 6.07) is 26.9. The van der Waals surface area contributed by atoms with Crippen molar-refractivity contribution in [3.8, 4) is 11.4 Å². The molecule has 0 aliphatic heterocycles. The van der Waals surface area contributed by atoms with Crippen LogP contribution in [0.3, 0.4) is 0 Å². The van der Waals surface area contributed by atoms with Gasteiger partial charge < -0.3 is 15.2 Å². The van der Waals surface area contributed by atoms with Crippen LogP contribution >= 0.6 is 0 Å². The molecule has 5 aromatic rings. The van der Waals surface area contributed by atoms with E-state index in [4.69, 9.17) is 10.3 Å². The van der Waals surface area contributed by atoms with E-state index in [1.54, 1.807) is 4.90 Å². The molecule has 9 heteroatoms. The van der Waals surface area contributed by atoms with Crippen LogP contribution in [-0.4, -0.2) is 19.7 Å². The number of nitrogens with two attached hydrogens (primary N) is 1. The highest BCUT2D eigenvalue weighted by atomic mass is 16.5. The molecule has 2 heterocycles. The van der Waals surface area contributed by atoms with E-state index in [1.807, 2.05) is 91.9 Å². The largest absolute Gasteiger partial charge is 0.383 e. The summed E-state index contributed by atoms with van der Waals surface area (Å²) in [5, 5.41) is 4.12. The van der Waals surface area contributed by atoms with Crippen LogP contribution in [0.4, 0.5) is 11.5 Å². The number of hydrogen-bond acceptors (Lipinski definition) is 7. The van der Waals surface area contributed by atoms with E-state index in [1.165, 1.54) is 4.57 Å². The molecule has 3 N–H and O–H groups in total. The number of anilines is 2. The Hall–Kier alpha value is -4.92. The molecule has 2 aromatic heterocycles. The van der Waals surface area contributed by atoms with Crippen LogP contribution in [0.15, 0.2) is 99.0 Å². The van der Waals surface area contributed by atoms with Crippen LogP contribution in [0.25, 0.3) is 11.4 Å². The van der Waals surface area contributed by atoms with Crippen LogP contribution < -0.4 is 21.9 Å². The highest BCUT2D eigenvalue weighted by Gasteiger charge is 2.22. The normalized spacial score (nSPS) is 10.9. The maximum Gasteiger partial charge on any atom is 0.330 e. The van der Waals surface area contributed by atoms with Crippen molar-refractivity contribution in [3.05, 3.63) is 128 Å². The summed E-state index contributed by atoms with van der Waals surface area (Å²) in [6.45, 7) is 2.67. The number of aromatic nitrogens is 4. The molecule has 0 spiro atoms. The van der Waals surface area contributed by atoms with Crippen molar-refractivity contribution >= 4 is 11.5 Å². The van der Waals surface area contributed by atoms with Gasteiger partial charge in [0.1, 0.15) is 11.5 Å². The second kappa shape index (κ2) is 10.4. The quantitative estimate of drug-likeness (QED) is 0.337. The van der Waals surface area contributed by atoms with Crippen molar-refractivity contribution in [2.75, 3.05) is 10.6 Å². The standard InChI is InChI=1S/C28H26N6O3/c1-19-12-14-22(15-13-19)26-30-23(37-32-26)18-33(16-20-8-4-2-5-9-20)24-25(29)34(28(36)31-27(24)35)17-21-10-6-3-7-11-21/h2-15H,16-18,29H2,1H3,(H,31,35,36). The molecule has 0 unspecified atom stereocenters. The fourth-order valence-corrected chi connectivity index (χ4v) is 4.13. The first-order chi connectivity index (χ1) is 18.0. The summed E-state index contributed by atoms with van der Waals surface area (Å²) in [4.78, 5) is 34.5. The number of rotatable bonds is 8. The van der Waals surface area contributed by atoms with E-state index in [0.29, 0.717) is 18.3 Å². The zero-order valence-corrected chi connectivity index (χ0v) is 20.3. The van der Waals surface area contributed by atoms with Gasteiger partial charge in [-0.1, -0.05) is 95.6 Å². The Labute approximate surface area is 212 Å². The minimum absolute atomic E-state index is 0.0619. The Balaban J connectivity index is 1.53. The van der Waals surface area contributed by atoms with Gasteiger partial charge in [-0.3, -0.25) is 14.3 Å². The lowest BCUT2D eigenvalue weighted by atomic mass is 10.1. The first-order valence-corrected chi connectivity index (χ1v) is 11.8. The smallest absolute Gasteiger partial charge is 0.330 e. The molecule has 5 rings (SSSR count). The Morgan fingerprint density at radius 1 is 0.892 bits per heavy atom. The number of nitrogen functional groups attached to an aromatic ring is 1. The molecule has 9 nitrogen and oxygen atoms in total. The number of aryl methyl sites for hydroxylation is 1. The number of benzene rings is 3. The Morgan fingerprint density at radius 2 is 1.54 bits per heavy atom. The molecule has 186 valence electrons. The number of nitrogens with one attached hydrogen (secondary N) is 1. The molecule has 3 aromatic carbocycles. The Kier molecular flexibility index (Phi) is 6.67. The Bertz CT molecular complexity index is 1610. The van der Waals surface area contributed by atoms with Crippen molar-refractivity contribution in [3.63, 3.8) is 0 Å². The summed E-state index contributed by atoms with van der Waals surface area (Å²) in [6.07, 6.45) is 0. The number of hydrogen-bond donors (Lipinski definition) is 2. The third-order valence-corrected chi connectivity index (χ3v) is 6.03. The van der Waals surface area contributed by atoms with Crippen LogP contribution in [0.5, 0.6) is 0 Å². The molecule has 0 radical (unpaired) electrons. The number of nitrogens with zero attached hydrogens (tertiary/aromatic N) is 4. The minimum Gasteiger partial charge on any atom is -0.383 e. The van der Waals surface area contributed by atoms with Crippen molar-refractivity contribution in [2.45, 2.75) is 26.6 Å². The first-order valence-electron chi connectivity index (χ1n) is 11.8. The van der Waals surface area contributed by atoms with Gasteiger partial charge in [-0.25, -0.2) is 4.79 Å². The van der Waals surface area contributed by atoms with Gasteiger partial charge in [-0.05, 0) is 18.1 Å². The lowest BCUT2D eigenvalue weighted by Gasteiger charge is -2.25. The Morgan fingerprint density at radius 3 is 2.22 bits per heavy atom. The van der Waals surface area contributed by atoms with E-state index in [-0.39, 0.29) is 24.6 Å². The van der Waals surface area contributed by atoms with Gasteiger partial charge >= 0.3 is 5.69 Å². The van der Waals surface area contributed by atoms with Crippen LogP contribution in [0, 0.1) is 6.92 Å². The lowest BCUT2D eigenvalue weighted by Crippen LogP contribution is -2.38. The average molecular weight is 495 g/mol. The maximum absolute atomic E-state index is 13.1. The summed E-state index contributed by atoms with van der Waals surface area (Å²) in [7, 11) is 0. The van der Waals surface area contributed by atoms with Gasteiger partial charge in [0.05, 0.1) is 13.1 Å². The predicted octanol–water partition coefficient (Wildman–Crippen LogP) is 3.73. The topological polar surface area (TPSA) is 123 Å². The summed E-state index contributed by atoms with van der Waals surface area (Å²) in [5.41, 5.74) is 9.26. The van der Waals surface area contributed by atoms with Crippen molar-refractivity contribution < 1.29 is 4.52 Å². The number of H-pyrrole nitrogens is 1. The fourth-order valence-electron chi connectivity index (χ4n) is 4.13. The molecule has 0 bridgehead atoms. The molecule has 0 saturated heterocycles. The summed E-state index contributed by atoms with van der Waals surface area (Å²) in [5.74, 6) is 0.823. The second-order valence-electron chi connectivity index (χ2n) is 8.78. The molecule has 37 heavy (non-hydrogen) atoms. The fraction of sp³-hybridized carbons (Fsp3) is 0.143. The molecule has 0 atom stereocenters. The van der Waals surface area contributed by atoms with E-state index >= 15 is 0 Å². The van der Waals surface area contributed by atoms with Crippen molar-refractivity contribution in [1.82, 2.24) is 19.7 Å². The van der Waals surface area contributed by atoms with Gasteiger partial charge in [-0.2, -0.15) is 4.98 Å². The zero-order valence-electron chi connectivity index (χ0n) is 20.3. The van der Waals surface area contributed by atoms with E-state index in [9.17, 15) is 9.59 Å². The molecule has 0 fully saturated rings. The lowest BCUT2D eigenvalue weighted by molar-refractivity contribution is 0.376. The maximum atomic E-state index is 13.1. The second-order valence-corrected chi connectivity index (χ2v) is 8.78. The minimum atomic E-state index is -0.582. The van der Waals surface area contributed by atoms with Gasteiger partial charge in [0.15, 0.2) is 0 Å². The highest BCUT2D eigenvalue weighted by molar-refractivity contribution is 5.63. The molecule has 0 aliphatic carbocycles. The van der Waals surface area contributed by atoms with Gasteiger partial charge in [0.2, 0.25) is 11.7 Å². The van der Waals surface area contributed by atoms with E-state index in [0.717, 1.165) is 22.3 Å². The molecular formula is C28H26N6O3. The molecular weight excluding hydrogens is 468 g/mol. The van der Waals surface area contributed by atoms with Crippen molar-refractivity contribution in [1.29, 1.82) is 0 Å². The molecule has 0 saturated carbocycles. The SMILES string of the molecule is Cc1ccc(-c2noc(CN(Cc3ccccc3)c3c(N)n(Cc4ccccc4)c(=O)[nH]c3=O)n2)cc1. The molecule has 0 aliphatic rings. The van der Waals surface area contributed by atoms with E-state index < -0.39 is 11.2 Å². The third-order valence-electron chi connectivity index (χ3n) is 6.03. The predicted molar refractivity (Wildman–Crippen MR) is 142 cm³/mol. The molecule has 0 amide bonds. The van der Waals surface area contributed by atoms with Gasteiger partial charge in [0, 0.05) is 12.1 Å². The van der Waals surface area contributed by atoms with Crippen molar-refractivity contribution in [2.24, 2.45) is 0 Å². The van der Waals surface area contributed by atoms with Crippen LogP contribution in [0.1, 0.15) is 22.6 Å². The first kappa shape index (κ1) is 23.8. The highest BCUT2D eigenvalue weighted by Crippen LogP contribution is 2.23. The average Bonchev–Trinajstić information content (AvgIpc) is 3.36.